The van der Waals surface area contributed by atoms with Gasteiger partial charge in [0.1, 0.15) is 11.5 Å². The molecule has 0 saturated heterocycles. The Morgan fingerprint density at radius 3 is 1.20 bits per heavy atom. The minimum Gasteiger partial charge on any atom is -0.508 e. The molecule has 1 radical (unpaired) electrons. The fourth-order valence-corrected chi connectivity index (χ4v) is 0.453. The second-order valence-corrected chi connectivity index (χ2v) is 1.52. The maximum atomic E-state index is 8.65. The largest absolute Gasteiger partial charge is 0.508 e. The molecule has 0 amide bonds. The molecule has 4 heteroatoms. The molecule has 4 N–H and O–H groups in total. The number of hydrogen-bond donors (Lipinski definition) is 2. The van der Waals surface area contributed by atoms with E-state index in [1.54, 1.807) is 0 Å². The summed E-state index contributed by atoms with van der Waals surface area (Å²) in [6.07, 6.45) is 0. The minimum atomic E-state index is 0. The van der Waals surface area contributed by atoms with Gasteiger partial charge >= 0.3 is 0 Å². The van der Waals surface area contributed by atoms with Gasteiger partial charge in [0.2, 0.25) is 0 Å². The van der Waals surface area contributed by atoms with Gasteiger partial charge in [-0.3, -0.25) is 0 Å². The van der Waals surface area contributed by atoms with Crippen LogP contribution in [0.15, 0.2) is 24.3 Å². The SMILES string of the molecule is O.Oc1ccc(O)cc1.[Y]. The average Bonchev–Trinajstić information content (AvgIpc) is 1.77. The van der Waals surface area contributed by atoms with Gasteiger partial charge in [0.05, 0.1) is 0 Å². The van der Waals surface area contributed by atoms with Crippen LogP contribution in [0, 0.1) is 0 Å². The molecule has 0 aliphatic carbocycles. The predicted octanol–water partition coefficient (Wildman–Crippen LogP) is 0.271. The average molecular weight is 217 g/mol. The molecule has 0 saturated carbocycles. The third kappa shape index (κ3) is 3.82. The first kappa shape index (κ1) is 12.6. The van der Waals surface area contributed by atoms with Gasteiger partial charge < -0.3 is 15.7 Å². The summed E-state index contributed by atoms with van der Waals surface area (Å²) in [4.78, 5) is 0. The standard InChI is InChI=1S/C6H6O2.H2O.Y/c7-5-1-2-6(8)4-3-5;;/h1-4,7-8H;1H2;. The second kappa shape index (κ2) is 5.65. The minimum absolute atomic E-state index is 0. The Morgan fingerprint density at radius 1 is 0.800 bits per heavy atom. The van der Waals surface area contributed by atoms with Crippen LogP contribution >= 0.6 is 0 Å². The first-order chi connectivity index (χ1) is 3.79. The van der Waals surface area contributed by atoms with Crippen LogP contribution in [0.25, 0.3) is 0 Å². The maximum absolute atomic E-state index is 8.65. The molecule has 0 unspecified atom stereocenters. The van der Waals surface area contributed by atoms with E-state index >= 15 is 0 Å². The van der Waals surface area contributed by atoms with Gasteiger partial charge in [-0.15, -0.1) is 0 Å². The Bertz CT molecular complexity index is 152. The van der Waals surface area contributed by atoms with E-state index in [0.29, 0.717) is 0 Å². The number of aromatic hydroxyl groups is 2. The molecule has 53 valence electrons. The van der Waals surface area contributed by atoms with Crippen molar-refractivity contribution in [2.24, 2.45) is 0 Å². The predicted molar refractivity (Wildman–Crippen MR) is 33.4 cm³/mol. The van der Waals surface area contributed by atoms with Crippen LogP contribution in [0.2, 0.25) is 0 Å². The van der Waals surface area contributed by atoms with Gasteiger partial charge in [0.15, 0.2) is 0 Å². The number of phenolic OH excluding ortho intramolecular Hbond substituents is 2. The zero-order valence-corrected chi connectivity index (χ0v) is 8.12. The van der Waals surface area contributed by atoms with Crippen LogP contribution in [-0.2, 0) is 32.7 Å². The van der Waals surface area contributed by atoms with Gasteiger partial charge in [-0.05, 0) is 24.3 Å². The molecule has 0 aromatic heterocycles. The van der Waals surface area contributed by atoms with Crippen LogP contribution in [0.4, 0.5) is 0 Å². The van der Waals surface area contributed by atoms with Crippen molar-refractivity contribution >= 4 is 0 Å². The summed E-state index contributed by atoms with van der Waals surface area (Å²) < 4.78 is 0. The normalized spacial score (nSPS) is 7.20. The zero-order chi connectivity index (χ0) is 5.98. The van der Waals surface area contributed by atoms with Crippen LogP contribution in [0.3, 0.4) is 0 Å². The summed E-state index contributed by atoms with van der Waals surface area (Å²) in [7, 11) is 0. The fraction of sp³-hybridized carbons (Fsp3) is 0. The van der Waals surface area contributed by atoms with E-state index in [1.807, 2.05) is 0 Å². The molecule has 1 rings (SSSR count). The summed E-state index contributed by atoms with van der Waals surface area (Å²) in [6, 6.07) is 5.70. The number of rotatable bonds is 0. The van der Waals surface area contributed by atoms with Gasteiger partial charge in [0, 0.05) is 32.7 Å². The zero-order valence-electron chi connectivity index (χ0n) is 5.28. The summed E-state index contributed by atoms with van der Waals surface area (Å²) in [5, 5.41) is 17.3. The third-order valence-electron chi connectivity index (χ3n) is 0.850. The van der Waals surface area contributed by atoms with Gasteiger partial charge in [-0.1, -0.05) is 0 Å². The molecule has 0 atom stereocenters. The molecule has 3 nitrogen and oxygen atoms in total. The monoisotopic (exact) mass is 217 g/mol. The van der Waals surface area contributed by atoms with Crippen molar-refractivity contribution in [3.05, 3.63) is 24.3 Å². The number of phenols is 2. The Balaban J connectivity index is 0. The smallest absolute Gasteiger partial charge is 0.115 e. The topological polar surface area (TPSA) is 72.0 Å². The number of hydrogen-bond acceptors (Lipinski definition) is 2. The van der Waals surface area contributed by atoms with Gasteiger partial charge in [0.25, 0.3) is 0 Å². The molecule has 1 aromatic carbocycles. The summed E-state index contributed by atoms with van der Waals surface area (Å²) in [5.41, 5.74) is 0. The van der Waals surface area contributed by atoms with E-state index in [9.17, 15) is 0 Å². The van der Waals surface area contributed by atoms with Crippen LogP contribution in [0.1, 0.15) is 0 Å². The molecule has 0 bridgehead atoms. The summed E-state index contributed by atoms with van der Waals surface area (Å²) in [6.45, 7) is 0. The van der Waals surface area contributed by atoms with E-state index in [2.05, 4.69) is 0 Å². The van der Waals surface area contributed by atoms with Gasteiger partial charge in [-0.25, -0.2) is 0 Å². The molecular weight excluding hydrogens is 209 g/mol. The fourth-order valence-electron chi connectivity index (χ4n) is 0.453. The molecule has 0 aliphatic rings. The van der Waals surface area contributed by atoms with Crippen molar-refractivity contribution in [3.8, 4) is 11.5 Å². The first-order valence-electron chi connectivity index (χ1n) is 2.27. The van der Waals surface area contributed by atoms with E-state index in [1.165, 1.54) is 24.3 Å². The molecule has 10 heavy (non-hydrogen) atoms. The molecule has 0 fully saturated rings. The van der Waals surface area contributed by atoms with Crippen LogP contribution < -0.4 is 0 Å². The van der Waals surface area contributed by atoms with Crippen molar-refractivity contribution in [3.63, 3.8) is 0 Å². The summed E-state index contributed by atoms with van der Waals surface area (Å²) in [5.74, 6) is 0.339. The van der Waals surface area contributed by atoms with Crippen molar-refractivity contribution in [2.45, 2.75) is 0 Å². The Hall–Kier alpha value is -0.116. The number of benzene rings is 1. The first-order valence-corrected chi connectivity index (χ1v) is 2.27. The van der Waals surface area contributed by atoms with Crippen molar-refractivity contribution in [1.29, 1.82) is 0 Å². The van der Waals surface area contributed by atoms with E-state index < -0.39 is 0 Å². The Morgan fingerprint density at radius 2 is 1.00 bits per heavy atom. The molecule has 0 spiro atoms. The molecule has 0 aliphatic heterocycles. The summed E-state index contributed by atoms with van der Waals surface area (Å²) >= 11 is 0. The van der Waals surface area contributed by atoms with Crippen molar-refractivity contribution in [2.75, 3.05) is 0 Å². The van der Waals surface area contributed by atoms with Crippen LogP contribution in [0.5, 0.6) is 11.5 Å². The third-order valence-corrected chi connectivity index (χ3v) is 0.850. The molecular formula is C6H8O3Y. The van der Waals surface area contributed by atoms with Crippen molar-refractivity contribution < 1.29 is 48.4 Å². The molecule has 0 heterocycles. The van der Waals surface area contributed by atoms with Crippen LogP contribution in [-0.4, -0.2) is 15.7 Å². The Kier molecular flexibility index (Phi) is 7.09. The molecule has 1 aromatic rings. The quantitative estimate of drug-likeness (QED) is 0.612. The van der Waals surface area contributed by atoms with E-state index in [0.717, 1.165) is 0 Å². The maximum Gasteiger partial charge on any atom is 0.115 e. The van der Waals surface area contributed by atoms with Gasteiger partial charge in [-0.2, -0.15) is 0 Å². The Labute approximate surface area is 83.9 Å². The second-order valence-electron chi connectivity index (χ2n) is 1.52. The van der Waals surface area contributed by atoms with E-state index in [-0.39, 0.29) is 49.7 Å². The van der Waals surface area contributed by atoms with E-state index in [4.69, 9.17) is 10.2 Å². The van der Waals surface area contributed by atoms with Crippen molar-refractivity contribution in [1.82, 2.24) is 0 Å².